The summed E-state index contributed by atoms with van der Waals surface area (Å²) in [7, 11) is -3.20. The van der Waals surface area contributed by atoms with Crippen molar-refractivity contribution < 1.29 is 13.2 Å². The highest BCUT2D eigenvalue weighted by atomic mass is 35.5. The van der Waals surface area contributed by atoms with Crippen molar-refractivity contribution >= 4 is 38.9 Å². The molecule has 7 nitrogen and oxygen atoms in total. The van der Waals surface area contributed by atoms with Gasteiger partial charge in [-0.3, -0.25) is 4.79 Å². The zero-order valence-electron chi connectivity index (χ0n) is 10.2. The Bertz CT molecular complexity index is 566. The van der Waals surface area contributed by atoms with Crippen LogP contribution < -0.4 is 4.72 Å². The molecule has 1 aliphatic heterocycles. The Hall–Kier alpha value is -0.770. The Morgan fingerprint density at radius 3 is 2.53 bits per heavy atom. The number of piperidine rings is 1. The molecular weight excluding hydrogens is 312 g/mol. The third-order valence-electron chi connectivity index (χ3n) is 2.75. The summed E-state index contributed by atoms with van der Waals surface area (Å²) < 4.78 is 25.0. The molecule has 1 amide bonds. The van der Waals surface area contributed by atoms with Gasteiger partial charge in [0, 0.05) is 19.1 Å². The molecule has 0 atom stereocenters. The summed E-state index contributed by atoms with van der Waals surface area (Å²) in [5.74, 6) is -0.206. The van der Waals surface area contributed by atoms with Crippen molar-refractivity contribution in [3.8, 4) is 0 Å². The molecule has 0 unspecified atom stereocenters. The first-order valence-corrected chi connectivity index (χ1v) is 8.69. The van der Waals surface area contributed by atoms with Gasteiger partial charge in [0.1, 0.15) is 0 Å². The minimum absolute atomic E-state index is 0.114. The van der Waals surface area contributed by atoms with Crippen LogP contribution in [0.5, 0.6) is 0 Å². The van der Waals surface area contributed by atoms with Crippen molar-refractivity contribution in [2.45, 2.75) is 18.9 Å². The summed E-state index contributed by atoms with van der Waals surface area (Å²) >= 11 is 6.68. The van der Waals surface area contributed by atoms with Crippen molar-refractivity contribution in [3.05, 3.63) is 9.47 Å². The van der Waals surface area contributed by atoms with E-state index in [1.807, 2.05) is 0 Å². The summed E-state index contributed by atoms with van der Waals surface area (Å²) in [6.45, 7) is 0.979. The summed E-state index contributed by atoms with van der Waals surface area (Å²) in [5.41, 5.74) is 0. The molecule has 0 radical (unpaired) electrons. The van der Waals surface area contributed by atoms with Gasteiger partial charge >= 0.3 is 0 Å². The fraction of sp³-hybridized carbons (Fsp3) is 0.667. The molecule has 19 heavy (non-hydrogen) atoms. The largest absolute Gasteiger partial charge is 0.336 e. The van der Waals surface area contributed by atoms with Crippen LogP contribution >= 0.6 is 22.9 Å². The molecule has 2 heterocycles. The predicted molar refractivity (Wildman–Crippen MR) is 71.8 cm³/mol. The van der Waals surface area contributed by atoms with E-state index < -0.39 is 10.0 Å². The van der Waals surface area contributed by atoms with Crippen LogP contribution in [0.1, 0.15) is 22.6 Å². The Labute approximate surface area is 120 Å². The lowest BCUT2D eigenvalue weighted by Crippen LogP contribution is -2.46. The van der Waals surface area contributed by atoms with E-state index in [2.05, 4.69) is 14.9 Å². The molecule has 1 N–H and O–H groups in total. The number of rotatable bonds is 3. The zero-order valence-corrected chi connectivity index (χ0v) is 12.6. The highest BCUT2D eigenvalue weighted by Crippen LogP contribution is 2.19. The fourth-order valence-electron chi connectivity index (χ4n) is 1.93. The number of sulfonamides is 1. The van der Waals surface area contributed by atoms with Gasteiger partial charge in [-0.15, -0.1) is 10.2 Å². The van der Waals surface area contributed by atoms with Gasteiger partial charge in [0.25, 0.3) is 5.91 Å². The van der Waals surface area contributed by atoms with Gasteiger partial charge in [-0.1, -0.05) is 11.3 Å². The third kappa shape index (κ3) is 4.10. The summed E-state index contributed by atoms with van der Waals surface area (Å²) in [6.07, 6.45) is 2.31. The van der Waals surface area contributed by atoms with Crippen LogP contribution in [0.4, 0.5) is 0 Å². The number of hydrogen-bond donors (Lipinski definition) is 1. The molecule has 0 bridgehead atoms. The van der Waals surface area contributed by atoms with E-state index in [9.17, 15) is 13.2 Å². The highest BCUT2D eigenvalue weighted by Gasteiger charge is 2.26. The lowest BCUT2D eigenvalue weighted by Gasteiger charge is -2.31. The Kier molecular flexibility index (Phi) is 4.39. The number of halogens is 1. The van der Waals surface area contributed by atoms with E-state index in [1.165, 1.54) is 0 Å². The fourth-order valence-corrected chi connectivity index (χ4v) is 3.57. The van der Waals surface area contributed by atoms with Crippen molar-refractivity contribution in [2.75, 3.05) is 19.3 Å². The second-order valence-electron chi connectivity index (χ2n) is 4.32. The first-order chi connectivity index (χ1) is 8.85. The standard InChI is InChI=1S/C9H13ClN4O3S2/c1-19(16,17)13-6-2-4-14(5-3-6)8(15)7-11-12-9(10)18-7/h6,13H,2-5H2,1H3. The van der Waals surface area contributed by atoms with E-state index >= 15 is 0 Å². The number of amides is 1. The van der Waals surface area contributed by atoms with Crippen molar-refractivity contribution in [3.63, 3.8) is 0 Å². The summed E-state index contributed by atoms with van der Waals surface area (Å²) in [5, 5.41) is 7.56. The second-order valence-corrected chi connectivity index (χ2v) is 7.66. The number of carbonyl (C=O) groups is 1. The van der Waals surface area contributed by atoms with Crippen LogP contribution in [0.2, 0.25) is 4.47 Å². The van der Waals surface area contributed by atoms with Crippen molar-refractivity contribution in [1.29, 1.82) is 0 Å². The molecule has 0 aromatic carbocycles. The summed E-state index contributed by atoms with van der Waals surface area (Å²) in [6, 6.07) is -0.114. The molecule has 0 spiro atoms. The molecule has 10 heteroatoms. The van der Waals surface area contributed by atoms with E-state index in [1.54, 1.807) is 4.90 Å². The molecular formula is C9H13ClN4O3S2. The smallest absolute Gasteiger partial charge is 0.284 e. The second kappa shape index (κ2) is 5.70. The molecule has 1 fully saturated rings. The SMILES string of the molecule is CS(=O)(=O)NC1CCN(C(=O)c2nnc(Cl)s2)CC1. The number of likely N-dealkylation sites (tertiary alicyclic amines) is 1. The van der Waals surface area contributed by atoms with E-state index in [0.29, 0.717) is 25.9 Å². The molecule has 0 saturated carbocycles. The average molecular weight is 325 g/mol. The first-order valence-electron chi connectivity index (χ1n) is 5.61. The molecule has 106 valence electrons. The quantitative estimate of drug-likeness (QED) is 0.866. The topological polar surface area (TPSA) is 92.3 Å². The molecule has 0 aliphatic carbocycles. The summed E-state index contributed by atoms with van der Waals surface area (Å²) in [4.78, 5) is 13.7. The predicted octanol–water partition coefficient (Wildman–Crippen LogP) is 0.345. The van der Waals surface area contributed by atoms with Gasteiger partial charge in [0.05, 0.1) is 6.26 Å². The van der Waals surface area contributed by atoms with Crippen LogP contribution in [0.15, 0.2) is 0 Å². The normalized spacial score (nSPS) is 17.7. The van der Waals surface area contributed by atoms with Gasteiger partial charge in [0.2, 0.25) is 19.5 Å². The van der Waals surface area contributed by atoms with E-state index in [-0.39, 0.29) is 21.4 Å². The highest BCUT2D eigenvalue weighted by molar-refractivity contribution is 7.88. The molecule has 2 rings (SSSR count). The van der Waals surface area contributed by atoms with Gasteiger partial charge in [0.15, 0.2) is 0 Å². The van der Waals surface area contributed by atoms with Gasteiger partial charge < -0.3 is 4.90 Å². The van der Waals surface area contributed by atoms with Gasteiger partial charge in [-0.05, 0) is 24.4 Å². The maximum Gasteiger partial charge on any atom is 0.284 e. The maximum absolute atomic E-state index is 12.0. The van der Waals surface area contributed by atoms with Crippen LogP contribution in [0.3, 0.4) is 0 Å². The lowest BCUT2D eigenvalue weighted by molar-refractivity contribution is 0.0710. The molecule has 1 aromatic heterocycles. The molecule has 1 saturated heterocycles. The maximum atomic E-state index is 12.0. The first kappa shape index (κ1) is 14.6. The van der Waals surface area contributed by atoms with Crippen molar-refractivity contribution in [1.82, 2.24) is 19.8 Å². The Morgan fingerprint density at radius 1 is 1.42 bits per heavy atom. The van der Waals surface area contributed by atoms with Crippen LogP contribution in [-0.4, -0.2) is 54.8 Å². The zero-order chi connectivity index (χ0) is 14.0. The minimum Gasteiger partial charge on any atom is -0.336 e. The Morgan fingerprint density at radius 2 is 2.05 bits per heavy atom. The number of nitrogens with one attached hydrogen (secondary N) is 1. The Balaban J connectivity index is 1.91. The number of nitrogens with zero attached hydrogens (tertiary/aromatic N) is 3. The van der Waals surface area contributed by atoms with Crippen LogP contribution in [0.25, 0.3) is 0 Å². The number of hydrogen-bond acceptors (Lipinski definition) is 6. The molecule has 1 aromatic rings. The van der Waals surface area contributed by atoms with E-state index in [0.717, 1.165) is 17.6 Å². The van der Waals surface area contributed by atoms with Crippen LogP contribution in [-0.2, 0) is 10.0 Å². The number of aromatic nitrogens is 2. The van der Waals surface area contributed by atoms with Gasteiger partial charge in [-0.2, -0.15) is 0 Å². The third-order valence-corrected chi connectivity index (χ3v) is 4.51. The van der Waals surface area contributed by atoms with Gasteiger partial charge in [-0.25, -0.2) is 13.1 Å². The number of carbonyl (C=O) groups excluding carboxylic acids is 1. The monoisotopic (exact) mass is 324 g/mol. The lowest BCUT2D eigenvalue weighted by atomic mass is 10.1. The van der Waals surface area contributed by atoms with Crippen LogP contribution in [0, 0.1) is 0 Å². The van der Waals surface area contributed by atoms with Crippen molar-refractivity contribution in [2.24, 2.45) is 0 Å². The minimum atomic E-state index is -3.20. The molecule has 1 aliphatic rings. The van der Waals surface area contributed by atoms with E-state index in [4.69, 9.17) is 11.6 Å². The average Bonchev–Trinajstić information content (AvgIpc) is 2.74.